The second-order valence-electron chi connectivity index (χ2n) is 7.22. The number of rotatable bonds is 5. The van der Waals surface area contributed by atoms with Crippen LogP contribution in [0, 0.1) is 5.82 Å². The summed E-state index contributed by atoms with van der Waals surface area (Å²) in [5.41, 5.74) is 0.641. The van der Waals surface area contributed by atoms with Crippen molar-refractivity contribution >= 4 is 17.5 Å². The first-order valence-corrected chi connectivity index (χ1v) is 10.0. The molecule has 1 amide bonds. The van der Waals surface area contributed by atoms with Gasteiger partial charge in [0.15, 0.2) is 0 Å². The second kappa shape index (κ2) is 9.16. The molecule has 4 nitrogen and oxygen atoms in total. The van der Waals surface area contributed by atoms with E-state index in [4.69, 9.17) is 16.3 Å². The first kappa shape index (κ1) is 19.6. The lowest BCUT2D eigenvalue weighted by molar-refractivity contribution is -0.139. The van der Waals surface area contributed by atoms with Crippen molar-refractivity contribution in [3.63, 3.8) is 0 Å². The van der Waals surface area contributed by atoms with Crippen LogP contribution in [0.25, 0.3) is 0 Å². The molecule has 0 aliphatic carbocycles. The van der Waals surface area contributed by atoms with E-state index in [1.54, 1.807) is 18.2 Å². The van der Waals surface area contributed by atoms with Gasteiger partial charge < -0.3 is 9.64 Å². The summed E-state index contributed by atoms with van der Waals surface area (Å²) < 4.78 is 19.6. The van der Waals surface area contributed by atoms with Crippen LogP contribution in [0.15, 0.2) is 18.2 Å². The van der Waals surface area contributed by atoms with Crippen molar-refractivity contribution in [1.82, 2.24) is 9.80 Å². The molecule has 2 aliphatic rings. The number of halogens is 2. The Morgan fingerprint density at radius 3 is 2.54 bits per heavy atom. The molecule has 0 bridgehead atoms. The van der Waals surface area contributed by atoms with Crippen LogP contribution in [-0.4, -0.2) is 54.1 Å². The molecule has 2 aliphatic heterocycles. The zero-order chi connectivity index (χ0) is 18.5. The van der Waals surface area contributed by atoms with Crippen molar-refractivity contribution in [2.75, 3.05) is 26.3 Å². The number of piperidine rings is 1. The Kier molecular flexibility index (Phi) is 6.90. The van der Waals surface area contributed by atoms with Gasteiger partial charge in [-0.1, -0.05) is 30.7 Å². The van der Waals surface area contributed by atoms with Gasteiger partial charge in [0.2, 0.25) is 5.91 Å². The van der Waals surface area contributed by atoms with Gasteiger partial charge in [0, 0.05) is 56.9 Å². The topological polar surface area (TPSA) is 32.8 Å². The number of carbonyl (C=O) groups excluding carboxylic acids is 1. The number of benzene rings is 1. The van der Waals surface area contributed by atoms with Gasteiger partial charge in [-0.2, -0.15) is 0 Å². The highest BCUT2D eigenvalue weighted by Crippen LogP contribution is 2.26. The van der Waals surface area contributed by atoms with Crippen molar-refractivity contribution in [2.45, 2.75) is 57.7 Å². The molecule has 2 fully saturated rings. The molecule has 1 aromatic carbocycles. The lowest BCUT2D eigenvalue weighted by Gasteiger charge is -2.43. The van der Waals surface area contributed by atoms with Crippen LogP contribution < -0.4 is 0 Å². The summed E-state index contributed by atoms with van der Waals surface area (Å²) in [5.74, 6) is -0.0717. The van der Waals surface area contributed by atoms with E-state index in [2.05, 4.69) is 9.80 Å². The van der Waals surface area contributed by atoms with E-state index in [0.717, 1.165) is 52.0 Å². The van der Waals surface area contributed by atoms with E-state index in [1.807, 2.05) is 6.92 Å². The van der Waals surface area contributed by atoms with Crippen LogP contribution >= 0.6 is 11.6 Å². The van der Waals surface area contributed by atoms with Crippen molar-refractivity contribution in [3.05, 3.63) is 34.6 Å². The zero-order valence-electron chi connectivity index (χ0n) is 15.4. The van der Waals surface area contributed by atoms with Crippen LogP contribution in [0.5, 0.6) is 0 Å². The van der Waals surface area contributed by atoms with Crippen LogP contribution in [0.3, 0.4) is 0 Å². The smallest absolute Gasteiger partial charge is 0.222 e. The fraction of sp³-hybridized carbons (Fsp3) is 0.650. The Hall–Kier alpha value is -1.17. The SMILES string of the molecule is CCC(=O)N(C1CCOCC1)C1CCN(Cc2cccc(Cl)c2F)CC1. The van der Waals surface area contributed by atoms with Crippen molar-refractivity contribution in [3.8, 4) is 0 Å². The number of likely N-dealkylation sites (tertiary alicyclic amines) is 1. The molecule has 0 radical (unpaired) electrons. The average molecular weight is 383 g/mol. The monoisotopic (exact) mass is 382 g/mol. The lowest BCUT2D eigenvalue weighted by atomic mass is 9.97. The van der Waals surface area contributed by atoms with Gasteiger partial charge in [-0.05, 0) is 31.7 Å². The van der Waals surface area contributed by atoms with Crippen molar-refractivity contribution < 1.29 is 13.9 Å². The summed E-state index contributed by atoms with van der Waals surface area (Å²) in [6, 6.07) is 5.75. The molecule has 1 aromatic rings. The molecule has 0 aromatic heterocycles. The highest BCUT2D eigenvalue weighted by Gasteiger charge is 2.33. The molecule has 0 spiro atoms. The van der Waals surface area contributed by atoms with E-state index in [0.29, 0.717) is 24.6 Å². The summed E-state index contributed by atoms with van der Waals surface area (Å²) in [5, 5.41) is 0.177. The largest absolute Gasteiger partial charge is 0.381 e. The minimum atomic E-state index is -0.318. The minimum absolute atomic E-state index is 0.177. The number of amides is 1. The van der Waals surface area contributed by atoms with Gasteiger partial charge in [-0.25, -0.2) is 4.39 Å². The molecule has 0 atom stereocenters. The van der Waals surface area contributed by atoms with E-state index in [9.17, 15) is 9.18 Å². The van der Waals surface area contributed by atoms with Crippen LogP contribution in [0.1, 0.15) is 44.6 Å². The maximum absolute atomic E-state index is 14.1. The van der Waals surface area contributed by atoms with E-state index >= 15 is 0 Å². The molecule has 2 heterocycles. The molecule has 2 saturated heterocycles. The molecule has 3 rings (SSSR count). The van der Waals surface area contributed by atoms with E-state index in [1.165, 1.54) is 0 Å². The van der Waals surface area contributed by atoms with Crippen molar-refractivity contribution in [1.29, 1.82) is 0 Å². The van der Waals surface area contributed by atoms with Gasteiger partial charge in [0.05, 0.1) is 5.02 Å². The summed E-state index contributed by atoms with van der Waals surface area (Å²) in [6.07, 6.45) is 4.28. The van der Waals surface area contributed by atoms with E-state index in [-0.39, 0.29) is 22.8 Å². The first-order valence-electron chi connectivity index (χ1n) is 9.64. The maximum atomic E-state index is 14.1. The highest BCUT2D eigenvalue weighted by molar-refractivity contribution is 6.30. The number of hydrogen-bond donors (Lipinski definition) is 0. The normalized spacial score (nSPS) is 20.3. The predicted molar refractivity (Wildman–Crippen MR) is 101 cm³/mol. The quantitative estimate of drug-likeness (QED) is 0.775. The van der Waals surface area contributed by atoms with Gasteiger partial charge >= 0.3 is 0 Å². The van der Waals surface area contributed by atoms with Gasteiger partial charge in [-0.3, -0.25) is 9.69 Å². The maximum Gasteiger partial charge on any atom is 0.222 e. The Morgan fingerprint density at radius 1 is 1.23 bits per heavy atom. The summed E-state index contributed by atoms with van der Waals surface area (Å²) >= 11 is 5.89. The molecule has 0 unspecified atom stereocenters. The molecular weight excluding hydrogens is 355 g/mol. The number of carbonyl (C=O) groups is 1. The van der Waals surface area contributed by atoms with Crippen LogP contribution in [0.4, 0.5) is 4.39 Å². The zero-order valence-corrected chi connectivity index (χ0v) is 16.2. The molecule has 0 saturated carbocycles. The fourth-order valence-electron chi connectivity index (χ4n) is 4.12. The second-order valence-corrected chi connectivity index (χ2v) is 7.63. The molecule has 144 valence electrons. The molecular formula is C20H28ClFN2O2. The Bertz CT molecular complexity index is 614. The third-order valence-electron chi connectivity index (χ3n) is 5.55. The third kappa shape index (κ3) is 4.56. The Balaban J connectivity index is 1.60. The summed E-state index contributed by atoms with van der Waals surface area (Å²) in [4.78, 5) is 17.0. The van der Waals surface area contributed by atoms with Gasteiger partial charge in [-0.15, -0.1) is 0 Å². The third-order valence-corrected chi connectivity index (χ3v) is 5.84. The number of ether oxygens (including phenoxy) is 1. The molecule has 26 heavy (non-hydrogen) atoms. The fourth-order valence-corrected chi connectivity index (χ4v) is 4.31. The van der Waals surface area contributed by atoms with E-state index < -0.39 is 0 Å². The summed E-state index contributed by atoms with van der Waals surface area (Å²) in [7, 11) is 0. The lowest BCUT2D eigenvalue weighted by Crippen LogP contribution is -2.52. The number of nitrogens with zero attached hydrogens (tertiary/aromatic N) is 2. The number of hydrogen-bond acceptors (Lipinski definition) is 3. The molecule has 0 N–H and O–H groups in total. The predicted octanol–water partition coefficient (Wildman–Crippen LogP) is 3.86. The van der Waals surface area contributed by atoms with Crippen molar-refractivity contribution in [2.24, 2.45) is 0 Å². The first-order chi connectivity index (χ1) is 12.6. The summed E-state index contributed by atoms with van der Waals surface area (Å²) in [6.45, 7) is 5.72. The van der Waals surface area contributed by atoms with Crippen LogP contribution in [-0.2, 0) is 16.1 Å². The molecule has 6 heteroatoms. The minimum Gasteiger partial charge on any atom is -0.381 e. The Morgan fingerprint density at radius 2 is 1.88 bits per heavy atom. The highest BCUT2D eigenvalue weighted by atomic mass is 35.5. The standard InChI is InChI=1S/C20H28ClFN2O2/c1-2-19(25)24(17-8-12-26-13-9-17)16-6-10-23(11-7-16)14-15-4-3-5-18(21)20(15)22/h3-5,16-17H,2,6-14H2,1H3. The Labute approximate surface area is 160 Å². The van der Waals surface area contributed by atoms with Gasteiger partial charge in [0.1, 0.15) is 5.82 Å². The average Bonchev–Trinajstić information content (AvgIpc) is 2.67. The van der Waals surface area contributed by atoms with Crippen LogP contribution in [0.2, 0.25) is 5.02 Å². The van der Waals surface area contributed by atoms with Gasteiger partial charge in [0.25, 0.3) is 0 Å².